The second-order valence-corrected chi connectivity index (χ2v) is 8.86. The maximum atomic E-state index is 12.5. The van der Waals surface area contributed by atoms with Gasteiger partial charge in [-0.15, -0.1) is 0 Å². The summed E-state index contributed by atoms with van der Waals surface area (Å²) in [5.74, 6) is -0.523. The van der Waals surface area contributed by atoms with E-state index in [0.29, 0.717) is 5.71 Å². The predicted octanol–water partition coefficient (Wildman–Crippen LogP) is -0.219. The third-order valence-electron chi connectivity index (χ3n) is 5.29. The van der Waals surface area contributed by atoms with Crippen molar-refractivity contribution in [2.75, 3.05) is 0 Å². The van der Waals surface area contributed by atoms with Gasteiger partial charge in [0.15, 0.2) is 18.2 Å². The number of aliphatic hydroxyl groups excluding tert-OH is 2. The minimum absolute atomic E-state index is 0.157. The van der Waals surface area contributed by atoms with Gasteiger partial charge in [0.05, 0.1) is 0 Å². The van der Waals surface area contributed by atoms with E-state index >= 15 is 0 Å². The highest BCUT2D eigenvalue weighted by atomic mass is 16.3. The summed E-state index contributed by atoms with van der Waals surface area (Å²) >= 11 is 0. The Morgan fingerprint density at radius 3 is 1.88 bits per heavy atom. The van der Waals surface area contributed by atoms with Crippen molar-refractivity contribution in [3.63, 3.8) is 0 Å². The van der Waals surface area contributed by atoms with Crippen LogP contribution in [0.25, 0.3) is 0 Å². The highest BCUT2D eigenvalue weighted by Crippen LogP contribution is 2.47. The molecule has 1 amide bonds. The van der Waals surface area contributed by atoms with E-state index in [9.17, 15) is 19.8 Å². The van der Waals surface area contributed by atoms with Crippen molar-refractivity contribution in [2.24, 2.45) is 10.2 Å². The predicted molar refractivity (Wildman–Crippen MR) is 95.2 cm³/mol. The van der Waals surface area contributed by atoms with E-state index in [1.165, 1.54) is 16.9 Å². The lowest BCUT2D eigenvalue weighted by Crippen LogP contribution is -2.73. The summed E-state index contributed by atoms with van der Waals surface area (Å²) in [5, 5.41) is 36.2. The Balaban J connectivity index is 1.94. The molecule has 3 N–H and O–H groups in total. The van der Waals surface area contributed by atoms with Gasteiger partial charge in [-0.05, 0) is 34.6 Å². The first kappa shape index (κ1) is 18.8. The fourth-order valence-corrected chi connectivity index (χ4v) is 3.75. The van der Waals surface area contributed by atoms with Crippen molar-refractivity contribution in [2.45, 2.75) is 83.5 Å². The fourth-order valence-electron chi connectivity index (χ4n) is 3.75. The molecule has 26 heavy (non-hydrogen) atoms. The Bertz CT molecular complexity index is 727. The lowest BCUT2D eigenvalue weighted by Gasteiger charge is -2.56. The molecule has 144 valence electrons. The Hall–Kier alpha value is -2.00. The molecule has 1 fully saturated rings. The summed E-state index contributed by atoms with van der Waals surface area (Å²) in [7, 11) is 0. The molecular formula is C17H27N5O4. The van der Waals surface area contributed by atoms with Gasteiger partial charge < -0.3 is 15.5 Å². The quantitative estimate of drug-likeness (QED) is 0.623. The first-order valence-corrected chi connectivity index (χ1v) is 8.73. The largest absolute Gasteiger partial charge is 0.370 e. The molecule has 9 nitrogen and oxygen atoms in total. The Morgan fingerprint density at radius 2 is 1.46 bits per heavy atom. The zero-order chi connectivity index (χ0) is 19.7. The highest BCUT2D eigenvalue weighted by molar-refractivity contribution is 6.40. The molecule has 3 aliphatic rings. The lowest BCUT2D eigenvalue weighted by atomic mass is 9.82. The molecule has 0 aromatic rings. The summed E-state index contributed by atoms with van der Waals surface area (Å²) in [4.78, 5) is 24.2. The highest BCUT2D eigenvalue weighted by Gasteiger charge is 2.64. The number of hydrazone groups is 2. The van der Waals surface area contributed by atoms with E-state index in [-0.39, 0.29) is 30.2 Å². The van der Waals surface area contributed by atoms with Gasteiger partial charge in [0.2, 0.25) is 0 Å². The lowest BCUT2D eigenvalue weighted by molar-refractivity contribution is -0.256. The molecule has 3 heterocycles. The third-order valence-corrected chi connectivity index (χ3v) is 5.29. The summed E-state index contributed by atoms with van der Waals surface area (Å²) < 4.78 is 0. The van der Waals surface area contributed by atoms with Gasteiger partial charge in [-0.3, -0.25) is 19.6 Å². The average Bonchev–Trinajstić information content (AvgIpc) is 3.03. The number of fused-ring (bicyclic) bond motifs is 2. The van der Waals surface area contributed by atoms with Crippen LogP contribution in [0.5, 0.6) is 0 Å². The fraction of sp³-hybridized carbons (Fsp3) is 0.765. The Kier molecular flexibility index (Phi) is 3.97. The average molecular weight is 365 g/mol. The minimum Gasteiger partial charge on any atom is -0.370 e. The van der Waals surface area contributed by atoms with Crippen molar-refractivity contribution in [3.8, 4) is 0 Å². The van der Waals surface area contributed by atoms with E-state index in [2.05, 4.69) is 15.5 Å². The van der Waals surface area contributed by atoms with E-state index in [1.54, 1.807) is 13.8 Å². The zero-order valence-electron chi connectivity index (χ0n) is 16.1. The molecule has 0 aliphatic carbocycles. The van der Waals surface area contributed by atoms with E-state index in [1.807, 2.05) is 20.8 Å². The number of amides is 1. The van der Waals surface area contributed by atoms with Crippen LogP contribution in [0, 0.1) is 0 Å². The van der Waals surface area contributed by atoms with Gasteiger partial charge in [0.25, 0.3) is 5.91 Å². The van der Waals surface area contributed by atoms with Gasteiger partial charge in [-0.2, -0.15) is 10.2 Å². The van der Waals surface area contributed by atoms with Crippen LogP contribution in [-0.2, 0) is 9.59 Å². The Labute approximate surface area is 152 Å². The van der Waals surface area contributed by atoms with Crippen molar-refractivity contribution in [1.29, 1.82) is 0 Å². The second kappa shape index (κ2) is 5.50. The molecule has 3 aliphatic heterocycles. The van der Waals surface area contributed by atoms with Crippen LogP contribution in [0.4, 0.5) is 0 Å². The molecule has 0 aromatic carbocycles. The summed E-state index contributed by atoms with van der Waals surface area (Å²) in [6, 6.07) is 0. The van der Waals surface area contributed by atoms with Crippen molar-refractivity contribution < 1.29 is 19.8 Å². The third kappa shape index (κ3) is 2.61. The van der Waals surface area contributed by atoms with Crippen molar-refractivity contribution >= 4 is 23.1 Å². The minimum atomic E-state index is -1.13. The molecule has 0 radical (unpaired) electrons. The molecule has 9 heteroatoms. The first-order valence-electron chi connectivity index (χ1n) is 8.73. The summed E-state index contributed by atoms with van der Waals surface area (Å²) in [6.07, 6.45) is -1.90. The number of nitrogens with one attached hydrogen (secondary N) is 1. The molecule has 0 saturated carbocycles. The van der Waals surface area contributed by atoms with Crippen LogP contribution >= 0.6 is 0 Å². The number of piperazine rings is 1. The number of Topliss-reactive ketones (excluding diaryl/α,β-unsaturated/α-hetero) is 1. The van der Waals surface area contributed by atoms with Crippen molar-refractivity contribution in [1.82, 2.24) is 15.3 Å². The normalized spacial score (nSPS) is 36.3. The molecule has 4 atom stereocenters. The molecule has 2 unspecified atom stereocenters. The number of carbonyl (C=O) groups excluding carboxylic acids is 2. The molecule has 1 saturated heterocycles. The number of ketones is 1. The molecule has 0 aromatic heterocycles. The van der Waals surface area contributed by atoms with Crippen LogP contribution in [0.3, 0.4) is 0 Å². The number of nitrogens with zero attached hydrogens (tertiary/aromatic N) is 4. The summed E-state index contributed by atoms with van der Waals surface area (Å²) in [5.41, 5.74) is -1.89. The number of rotatable bonds is 2. The van der Waals surface area contributed by atoms with E-state index in [4.69, 9.17) is 0 Å². The standard InChI is InChI=1S/C17H27N5O4/c1-9(23)10-7-16(5)13(25)22-17(6,14(26)21(16)19-10)8-11(20-22)12(24)18-15(2,3)4/h13-14,25-26H,7-8H2,1-6H3,(H,18,24)/t13-,14+,16?,17?/m0/s1. The zero-order valence-corrected chi connectivity index (χ0v) is 16.1. The van der Waals surface area contributed by atoms with Crippen LogP contribution in [0.1, 0.15) is 54.4 Å². The van der Waals surface area contributed by atoms with Gasteiger partial charge in [-0.25, -0.2) is 0 Å². The van der Waals surface area contributed by atoms with Gasteiger partial charge in [0, 0.05) is 25.3 Å². The number of hydrogen-bond donors (Lipinski definition) is 3. The van der Waals surface area contributed by atoms with Crippen LogP contribution in [0.2, 0.25) is 0 Å². The van der Waals surface area contributed by atoms with E-state index < -0.39 is 29.1 Å². The van der Waals surface area contributed by atoms with Crippen molar-refractivity contribution in [3.05, 3.63) is 0 Å². The maximum Gasteiger partial charge on any atom is 0.267 e. The maximum absolute atomic E-state index is 12.5. The number of hydrogen-bond acceptors (Lipinski definition) is 8. The molecular weight excluding hydrogens is 338 g/mol. The summed E-state index contributed by atoms with van der Waals surface area (Å²) in [6.45, 7) is 10.5. The van der Waals surface area contributed by atoms with Gasteiger partial charge >= 0.3 is 0 Å². The van der Waals surface area contributed by atoms with E-state index in [0.717, 1.165) is 0 Å². The van der Waals surface area contributed by atoms with Gasteiger partial charge in [-0.1, -0.05) is 0 Å². The topological polar surface area (TPSA) is 118 Å². The molecule has 3 rings (SSSR count). The van der Waals surface area contributed by atoms with Crippen LogP contribution < -0.4 is 5.32 Å². The SMILES string of the molecule is CC(=O)C1=NN2[C@H](O)C3(C)CC(C(=O)NC(C)(C)C)=NN3[C@@H](O)C2(C)C1. The number of carbonyl (C=O) groups is 2. The van der Waals surface area contributed by atoms with Gasteiger partial charge in [0.1, 0.15) is 22.5 Å². The van der Waals surface area contributed by atoms with Crippen LogP contribution in [-0.4, -0.2) is 72.4 Å². The first-order chi connectivity index (χ1) is 11.8. The smallest absolute Gasteiger partial charge is 0.267 e. The van der Waals surface area contributed by atoms with Crippen LogP contribution in [0.15, 0.2) is 10.2 Å². The molecule has 0 spiro atoms. The Morgan fingerprint density at radius 1 is 1.04 bits per heavy atom. The second-order valence-electron chi connectivity index (χ2n) is 8.86. The monoisotopic (exact) mass is 365 g/mol. The number of aliphatic hydroxyl groups is 2. The molecule has 0 bridgehead atoms.